The first-order valence-corrected chi connectivity index (χ1v) is 8.44. The predicted molar refractivity (Wildman–Crippen MR) is 75.2 cm³/mol. The minimum atomic E-state index is -3.54. The van der Waals surface area contributed by atoms with Crippen molar-refractivity contribution in [2.24, 2.45) is 0 Å². The molecule has 4 nitrogen and oxygen atoms in total. The molecule has 18 heavy (non-hydrogen) atoms. The van der Waals surface area contributed by atoms with E-state index in [9.17, 15) is 13.5 Å². The van der Waals surface area contributed by atoms with Crippen LogP contribution in [0.2, 0.25) is 0 Å². The summed E-state index contributed by atoms with van der Waals surface area (Å²) in [6.45, 7) is 1.59. The zero-order valence-electron chi connectivity index (χ0n) is 10.8. The summed E-state index contributed by atoms with van der Waals surface area (Å²) in [7, 11) is -1.97. The van der Waals surface area contributed by atoms with Crippen LogP contribution in [0.1, 0.15) is 12.5 Å². The van der Waals surface area contributed by atoms with Crippen molar-refractivity contribution in [2.45, 2.75) is 24.5 Å². The maximum atomic E-state index is 12.4. The normalized spacial score (nSPS) is 13.8. The number of rotatable bonds is 6. The zero-order chi connectivity index (χ0) is 13.8. The smallest absolute Gasteiger partial charge is 0.243 e. The second-order valence-corrected chi connectivity index (χ2v) is 6.97. The van der Waals surface area contributed by atoms with Crippen LogP contribution in [0.15, 0.2) is 29.2 Å². The maximum Gasteiger partial charge on any atom is 0.243 e. The molecule has 0 spiro atoms. The monoisotopic (exact) mass is 289 g/mol. The molecule has 0 saturated carbocycles. The van der Waals surface area contributed by atoms with Gasteiger partial charge in [0, 0.05) is 18.8 Å². The van der Waals surface area contributed by atoms with Crippen molar-refractivity contribution in [1.29, 1.82) is 0 Å². The quantitative estimate of drug-likeness (QED) is 0.863. The van der Waals surface area contributed by atoms with E-state index in [1.807, 2.05) is 13.2 Å². The lowest BCUT2D eigenvalue weighted by atomic mass is 10.2. The summed E-state index contributed by atoms with van der Waals surface area (Å²) < 4.78 is 26.2. The van der Waals surface area contributed by atoms with Crippen molar-refractivity contribution in [3.8, 4) is 0 Å². The van der Waals surface area contributed by atoms with E-state index in [4.69, 9.17) is 0 Å². The zero-order valence-corrected chi connectivity index (χ0v) is 12.5. The number of thioether (sulfide) groups is 1. The van der Waals surface area contributed by atoms with Gasteiger partial charge in [0.2, 0.25) is 10.0 Å². The topological polar surface area (TPSA) is 57.6 Å². The van der Waals surface area contributed by atoms with Crippen molar-refractivity contribution >= 4 is 21.8 Å². The number of benzene rings is 1. The number of aliphatic hydroxyl groups excluding tert-OH is 1. The molecule has 0 amide bonds. The number of hydrogen-bond donors (Lipinski definition) is 1. The Morgan fingerprint density at radius 1 is 1.39 bits per heavy atom. The summed E-state index contributed by atoms with van der Waals surface area (Å²) in [6, 6.07) is 6.45. The van der Waals surface area contributed by atoms with E-state index in [2.05, 4.69) is 0 Å². The van der Waals surface area contributed by atoms with E-state index >= 15 is 0 Å². The Kier molecular flexibility index (Phi) is 5.65. The van der Waals surface area contributed by atoms with Crippen LogP contribution in [0.25, 0.3) is 0 Å². The average Bonchev–Trinajstić information content (AvgIpc) is 2.38. The number of nitrogens with zero attached hydrogens (tertiary/aromatic N) is 1. The largest absolute Gasteiger partial charge is 0.392 e. The average molecular weight is 289 g/mol. The fraction of sp³-hybridized carbons (Fsp3) is 0.500. The van der Waals surface area contributed by atoms with Gasteiger partial charge in [-0.1, -0.05) is 18.2 Å². The molecule has 0 aliphatic heterocycles. The number of sulfonamides is 1. The molecule has 0 heterocycles. The number of hydrogen-bond acceptors (Lipinski definition) is 4. The van der Waals surface area contributed by atoms with Crippen LogP contribution in [-0.4, -0.2) is 42.9 Å². The van der Waals surface area contributed by atoms with Gasteiger partial charge in [-0.3, -0.25) is 0 Å². The lowest BCUT2D eigenvalue weighted by Crippen LogP contribution is -2.37. The summed E-state index contributed by atoms with van der Waals surface area (Å²) in [5, 5.41) is 9.22. The first-order valence-electron chi connectivity index (χ1n) is 5.61. The minimum absolute atomic E-state index is 0.0863. The van der Waals surface area contributed by atoms with E-state index in [0.29, 0.717) is 5.56 Å². The van der Waals surface area contributed by atoms with E-state index in [-0.39, 0.29) is 17.5 Å². The van der Waals surface area contributed by atoms with Crippen LogP contribution in [-0.2, 0) is 16.6 Å². The molecule has 0 aliphatic rings. The fourth-order valence-electron chi connectivity index (χ4n) is 1.62. The van der Waals surface area contributed by atoms with Crippen molar-refractivity contribution < 1.29 is 13.5 Å². The van der Waals surface area contributed by atoms with Gasteiger partial charge in [0.05, 0.1) is 11.5 Å². The molecule has 6 heteroatoms. The molecular weight excluding hydrogens is 270 g/mol. The highest BCUT2D eigenvalue weighted by Gasteiger charge is 2.26. The van der Waals surface area contributed by atoms with Crippen molar-refractivity contribution in [1.82, 2.24) is 4.31 Å². The van der Waals surface area contributed by atoms with Crippen LogP contribution in [0.4, 0.5) is 0 Å². The van der Waals surface area contributed by atoms with Crippen molar-refractivity contribution in [2.75, 3.05) is 19.1 Å². The van der Waals surface area contributed by atoms with E-state index in [1.165, 1.54) is 10.4 Å². The van der Waals surface area contributed by atoms with Crippen molar-refractivity contribution in [3.05, 3.63) is 29.8 Å². The Morgan fingerprint density at radius 2 is 2.00 bits per heavy atom. The molecule has 1 N–H and O–H groups in total. The lowest BCUT2D eigenvalue weighted by molar-refractivity contribution is 0.278. The Bertz CT molecular complexity index is 488. The second kappa shape index (κ2) is 6.56. The first-order chi connectivity index (χ1) is 8.45. The highest BCUT2D eigenvalue weighted by Crippen LogP contribution is 2.21. The number of aliphatic hydroxyl groups is 1. The Labute approximate surface area is 113 Å². The van der Waals surface area contributed by atoms with Gasteiger partial charge in [-0.2, -0.15) is 16.1 Å². The molecule has 1 rings (SSSR count). The first kappa shape index (κ1) is 15.5. The third-order valence-corrected chi connectivity index (χ3v) is 5.72. The van der Waals surface area contributed by atoms with Gasteiger partial charge in [-0.25, -0.2) is 8.42 Å². The van der Waals surface area contributed by atoms with Crippen LogP contribution >= 0.6 is 11.8 Å². The lowest BCUT2D eigenvalue weighted by Gasteiger charge is -2.24. The summed E-state index contributed by atoms with van der Waals surface area (Å²) in [5.41, 5.74) is 0.431. The summed E-state index contributed by atoms with van der Waals surface area (Å²) >= 11 is 1.60. The van der Waals surface area contributed by atoms with Gasteiger partial charge < -0.3 is 5.11 Å². The van der Waals surface area contributed by atoms with Crippen LogP contribution in [0.5, 0.6) is 0 Å². The second-order valence-electron chi connectivity index (χ2n) is 4.09. The Hall–Kier alpha value is -0.560. The molecule has 1 aromatic rings. The van der Waals surface area contributed by atoms with Gasteiger partial charge in [0.1, 0.15) is 0 Å². The van der Waals surface area contributed by atoms with Crippen LogP contribution in [0.3, 0.4) is 0 Å². The summed E-state index contributed by atoms with van der Waals surface area (Å²) in [4.78, 5) is 0.183. The summed E-state index contributed by atoms with van der Waals surface area (Å²) in [5.74, 6) is 0.733. The summed E-state index contributed by atoms with van der Waals surface area (Å²) in [6.07, 6.45) is 1.94. The third kappa shape index (κ3) is 3.26. The molecule has 0 radical (unpaired) electrons. The molecular formula is C12H19NO3S2. The van der Waals surface area contributed by atoms with Gasteiger partial charge in [-0.15, -0.1) is 0 Å². The minimum Gasteiger partial charge on any atom is -0.392 e. The maximum absolute atomic E-state index is 12.4. The molecule has 1 unspecified atom stereocenters. The van der Waals surface area contributed by atoms with Gasteiger partial charge >= 0.3 is 0 Å². The standard InChI is InChI=1S/C12H19NO3S2/c1-10(9-17-3)13(2)18(15,16)12-7-5-4-6-11(12)8-14/h4-7,10,14H,8-9H2,1-3H3. The van der Waals surface area contributed by atoms with Crippen molar-refractivity contribution in [3.63, 3.8) is 0 Å². The van der Waals surface area contributed by atoms with Gasteiger partial charge in [0.25, 0.3) is 0 Å². The fourth-order valence-corrected chi connectivity index (χ4v) is 4.00. The third-order valence-electron chi connectivity index (χ3n) is 2.83. The molecule has 0 fully saturated rings. The SMILES string of the molecule is CSCC(C)N(C)S(=O)(=O)c1ccccc1CO. The van der Waals surface area contributed by atoms with Gasteiger partial charge in [0.15, 0.2) is 0 Å². The van der Waals surface area contributed by atoms with E-state index < -0.39 is 10.0 Å². The Morgan fingerprint density at radius 3 is 2.56 bits per heavy atom. The molecule has 1 aromatic carbocycles. The molecule has 0 bridgehead atoms. The molecule has 0 saturated heterocycles. The molecule has 1 atom stereocenters. The molecule has 0 aliphatic carbocycles. The highest BCUT2D eigenvalue weighted by atomic mass is 32.2. The van der Waals surface area contributed by atoms with Crippen LogP contribution in [0, 0.1) is 0 Å². The van der Waals surface area contributed by atoms with E-state index in [0.717, 1.165) is 5.75 Å². The molecule has 102 valence electrons. The van der Waals surface area contributed by atoms with Gasteiger partial charge in [-0.05, 0) is 24.8 Å². The van der Waals surface area contributed by atoms with Crippen LogP contribution < -0.4 is 0 Å². The predicted octanol–water partition coefficient (Wildman–Crippen LogP) is 1.55. The van der Waals surface area contributed by atoms with E-state index in [1.54, 1.807) is 37.0 Å². The highest BCUT2D eigenvalue weighted by molar-refractivity contribution is 7.98. The Balaban J connectivity index is 3.13. The molecule has 0 aromatic heterocycles.